The zero-order valence-electron chi connectivity index (χ0n) is 16.5. The number of aliphatic hydroxyl groups is 2. The Labute approximate surface area is 163 Å². The van der Waals surface area contributed by atoms with Crippen molar-refractivity contribution in [1.29, 1.82) is 0 Å². The molecule has 0 aliphatic carbocycles. The Hall–Kier alpha value is -2.00. The number of carbonyl (C=O) groups excluding carboxylic acids is 2. The van der Waals surface area contributed by atoms with Gasteiger partial charge in [-0.3, -0.25) is 0 Å². The van der Waals surface area contributed by atoms with Crippen molar-refractivity contribution in [1.82, 2.24) is 0 Å². The number of fused-ring (bicyclic) bond motifs is 3. The van der Waals surface area contributed by atoms with Crippen molar-refractivity contribution in [3.05, 3.63) is 35.1 Å². The molecule has 0 aromatic rings. The van der Waals surface area contributed by atoms with Gasteiger partial charge in [-0.25, -0.2) is 9.59 Å². The summed E-state index contributed by atoms with van der Waals surface area (Å²) < 4.78 is 21.9. The van der Waals surface area contributed by atoms with Gasteiger partial charge in [0.15, 0.2) is 5.79 Å². The summed E-state index contributed by atoms with van der Waals surface area (Å²) in [4.78, 5) is 24.7. The Bertz CT molecular complexity index is 792. The van der Waals surface area contributed by atoms with Gasteiger partial charge in [-0.2, -0.15) is 0 Å². The van der Waals surface area contributed by atoms with Gasteiger partial charge >= 0.3 is 11.9 Å². The van der Waals surface area contributed by atoms with Crippen LogP contribution in [0.4, 0.5) is 0 Å². The van der Waals surface area contributed by atoms with E-state index in [1.54, 1.807) is 13.0 Å². The maximum absolute atomic E-state index is 12.4. The predicted octanol–water partition coefficient (Wildman–Crippen LogP) is 1.27. The predicted molar refractivity (Wildman–Crippen MR) is 96.7 cm³/mol. The van der Waals surface area contributed by atoms with E-state index in [9.17, 15) is 19.8 Å². The van der Waals surface area contributed by atoms with Gasteiger partial charge in [0.1, 0.15) is 17.5 Å². The minimum atomic E-state index is -1.85. The second-order valence-corrected chi connectivity index (χ2v) is 8.07. The van der Waals surface area contributed by atoms with Gasteiger partial charge in [0.05, 0.1) is 17.8 Å². The Balaban J connectivity index is 2.18. The lowest BCUT2D eigenvalue weighted by atomic mass is 9.82. The third-order valence-electron chi connectivity index (χ3n) is 5.47. The van der Waals surface area contributed by atoms with E-state index >= 15 is 0 Å². The SMILES string of the molecule is C=C(C)C(=O)O[C@H]1C[C@@](C)(O)[C@]2(O)CC[C@](C)(C=C3OC(=O)C(COC)=C31)O2. The fourth-order valence-corrected chi connectivity index (χ4v) is 3.83. The maximum atomic E-state index is 12.4. The van der Waals surface area contributed by atoms with Crippen molar-refractivity contribution < 1.29 is 38.7 Å². The van der Waals surface area contributed by atoms with Crippen LogP contribution in [0.5, 0.6) is 0 Å². The van der Waals surface area contributed by atoms with Crippen molar-refractivity contribution >= 4 is 11.9 Å². The molecule has 0 saturated carbocycles. The maximum Gasteiger partial charge on any atom is 0.342 e. The van der Waals surface area contributed by atoms with Gasteiger partial charge in [0.2, 0.25) is 0 Å². The molecule has 3 aliphatic rings. The van der Waals surface area contributed by atoms with Crippen LogP contribution in [-0.2, 0) is 28.5 Å². The molecular formula is C20H26O8. The minimum absolute atomic E-state index is 0.0589. The number of hydrogen-bond donors (Lipinski definition) is 2. The summed E-state index contributed by atoms with van der Waals surface area (Å²) in [7, 11) is 1.43. The zero-order valence-corrected chi connectivity index (χ0v) is 16.5. The Morgan fingerprint density at radius 2 is 2.04 bits per heavy atom. The van der Waals surface area contributed by atoms with E-state index < -0.39 is 35.0 Å². The average molecular weight is 394 g/mol. The molecule has 1 saturated heterocycles. The number of ether oxygens (including phenoxy) is 4. The Kier molecular flexibility index (Phi) is 5.04. The second-order valence-electron chi connectivity index (χ2n) is 8.07. The molecule has 0 aromatic heterocycles. The summed E-state index contributed by atoms with van der Waals surface area (Å²) >= 11 is 0. The highest BCUT2D eigenvalue weighted by atomic mass is 16.7. The van der Waals surface area contributed by atoms with Crippen molar-refractivity contribution in [2.24, 2.45) is 0 Å². The van der Waals surface area contributed by atoms with E-state index in [0.717, 1.165) is 0 Å². The monoisotopic (exact) mass is 394 g/mol. The molecule has 0 spiro atoms. The number of methoxy groups -OCH3 is 1. The van der Waals surface area contributed by atoms with E-state index in [-0.39, 0.29) is 36.4 Å². The molecule has 3 heterocycles. The molecule has 28 heavy (non-hydrogen) atoms. The fraction of sp³-hybridized carbons (Fsp3) is 0.600. The molecule has 154 valence electrons. The summed E-state index contributed by atoms with van der Waals surface area (Å²) in [5.74, 6) is -2.97. The van der Waals surface area contributed by atoms with Gasteiger partial charge in [-0.05, 0) is 33.3 Å². The van der Waals surface area contributed by atoms with Crippen LogP contribution in [0.25, 0.3) is 0 Å². The van der Waals surface area contributed by atoms with E-state index in [2.05, 4.69) is 6.58 Å². The molecule has 8 heteroatoms. The summed E-state index contributed by atoms with van der Waals surface area (Å²) in [5, 5.41) is 22.1. The second kappa shape index (κ2) is 6.81. The van der Waals surface area contributed by atoms with Gasteiger partial charge in [-0.1, -0.05) is 6.58 Å². The standard InChI is InChI=1S/C20H26O8/c1-11(2)16(21)26-14-9-19(4,23)20(24)7-6-18(3,28-20)8-13-15(14)12(10-25-5)17(22)27-13/h8,14,23-24H,1,6-7,9-10H2,2-5H3/t14-,18+,19+,20-/m0/s1. The summed E-state index contributed by atoms with van der Waals surface area (Å²) in [6, 6.07) is 0. The van der Waals surface area contributed by atoms with Crippen molar-refractivity contribution in [3.8, 4) is 0 Å². The lowest BCUT2D eigenvalue weighted by Gasteiger charge is -2.40. The Morgan fingerprint density at radius 1 is 1.36 bits per heavy atom. The fourth-order valence-electron chi connectivity index (χ4n) is 3.83. The number of carbonyl (C=O) groups is 2. The number of rotatable bonds is 4. The quantitative estimate of drug-likeness (QED) is 0.542. The Morgan fingerprint density at radius 3 is 2.64 bits per heavy atom. The molecule has 3 rings (SSSR count). The first kappa shape index (κ1) is 20.7. The highest BCUT2D eigenvalue weighted by Gasteiger charge is 2.58. The van der Waals surface area contributed by atoms with Crippen LogP contribution < -0.4 is 0 Å². The van der Waals surface area contributed by atoms with E-state index in [1.165, 1.54) is 21.0 Å². The normalized spacial score (nSPS) is 37.4. The van der Waals surface area contributed by atoms with Gasteiger partial charge in [-0.15, -0.1) is 0 Å². The van der Waals surface area contributed by atoms with E-state index in [1.807, 2.05) is 0 Å². The first-order chi connectivity index (χ1) is 12.9. The molecule has 0 unspecified atom stereocenters. The molecule has 2 N–H and O–H groups in total. The van der Waals surface area contributed by atoms with Crippen molar-refractivity contribution in [3.63, 3.8) is 0 Å². The third kappa shape index (κ3) is 3.41. The van der Waals surface area contributed by atoms with Crippen LogP contribution >= 0.6 is 0 Å². The van der Waals surface area contributed by atoms with Gasteiger partial charge in [0.25, 0.3) is 0 Å². The first-order valence-electron chi connectivity index (χ1n) is 9.10. The van der Waals surface area contributed by atoms with Gasteiger partial charge in [0, 0.05) is 31.1 Å². The molecule has 8 nitrogen and oxygen atoms in total. The highest BCUT2D eigenvalue weighted by Crippen LogP contribution is 2.49. The lowest BCUT2D eigenvalue weighted by molar-refractivity contribution is -0.298. The van der Waals surface area contributed by atoms with Crippen LogP contribution in [0.3, 0.4) is 0 Å². The molecule has 3 aliphatic heterocycles. The van der Waals surface area contributed by atoms with Crippen LogP contribution in [0.2, 0.25) is 0 Å². The van der Waals surface area contributed by atoms with Crippen molar-refractivity contribution in [2.45, 2.75) is 63.1 Å². The van der Waals surface area contributed by atoms with E-state index in [4.69, 9.17) is 18.9 Å². The largest absolute Gasteiger partial charge is 0.454 e. The molecule has 0 radical (unpaired) electrons. The topological polar surface area (TPSA) is 112 Å². The number of esters is 2. The first-order valence-corrected chi connectivity index (χ1v) is 9.10. The highest BCUT2D eigenvalue weighted by molar-refractivity contribution is 5.95. The van der Waals surface area contributed by atoms with Crippen molar-refractivity contribution in [2.75, 3.05) is 13.7 Å². The molecular weight excluding hydrogens is 368 g/mol. The molecule has 1 fully saturated rings. The molecule has 4 atom stereocenters. The van der Waals surface area contributed by atoms with Gasteiger partial charge < -0.3 is 29.2 Å². The zero-order chi connectivity index (χ0) is 20.9. The molecule has 0 amide bonds. The van der Waals surface area contributed by atoms with Crippen LogP contribution in [0.15, 0.2) is 35.1 Å². The molecule has 2 bridgehead atoms. The minimum Gasteiger partial charge on any atom is -0.454 e. The lowest BCUT2D eigenvalue weighted by Crippen LogP contribution is -2.54. The smallest absolute Gasteiger partial charge is 0.342 e. The summed E-state index contributed by atoms with van der Waals surface area (Å²) in [6.45, 7) is 8.15. The average Bonchev–Trinajstić information content (AvgIpc) is 3.05. The van der Waals surface area contributed by atoms with Crippen LogP contribution in [0, 0.1) is 0 Å². The van der Waals surface area contributed by atoms with E-state index in [0.29, 0.717) is 12.0 Å². The van der Waals surface area contributed by atoms with Crippen LogP contribution in [0.1, 0.15) is 40.0 Å². The van der Waals surface area contributed by atoms with Crippen LogP contribution in [-0.4, -0.2) is 59.0 Å². The summed E-state index contributed by atoms with van der Waals surface area (Å²) in [6.07, 6.45) is 0.875. The molecule has 0 aromatic carbocycles. The summed E-state index contributed by atoms with van der Waals surface area (Å²) in [5.41, 5.74) is -2.09. The number of hydrogen-bond acceptors (Lipinski definition) is 8. The third-order valence-corrected chi connectivity index (χ3v) is 5.47.